The highest BCUT2D eigenvalue weighted by molar-refractivity contribution is 9.10. The molecule has 0 spiro atoms. The topological polar surface area (TPSA) is 56.0 Å². The van der Waals surface area contributed by atoms with E-state index in [9.17, 15) is 4.79 Å². The highest BCUT2D eigenvalue weighted by Gasteiger charge is 2.27. The molecule has 21 heavy (non-hydrogen) atoms. The fourth-order valence-corrected chi connectivity index (χ4v) is 3.14. The zero-order valence-electron chi connectivity index (χ0n) is 11.7. The average molecular weight is 349 g/mol. The smallest absolute Gasteiger partial charge is 0.237 e. The van der Waals surface area contributed by atoms with Gasteiger partial charge in [-0.15, -0.1) is 0 Å². The summed E-state index contributed by atoms with van der Waals surface area (Å²) in [4.78, 5) is 16.5. The molecule has 0 aliphatic heterocycles. The van der Waals surface area contributed by atoms with E-state index in [0.717, 1.165) is 35.7 Å². The molecule has 1 aliphatic rings. The maximum absolute atomic E-state index is 12.1. The predicted octanol–water partition coefficient (Wildman–Crippen LogP) is 4.04. The van der Waals surface area contributed by atoms with Crippen LogP contribution in [0.2, 0.25) is 0 Å². The zero-order chi connectivity index (χ0) is 14.7. The third-order valence-electron chi connectivity index (χ3n) is 3.89. The number of Topliss-reactive ketones (excluding diaryl/α,β-unsaturated/α-hetero) is 1. The van der Waals surface area contributed by atoms with Crippen LogP contribution in [0.1, 0.15) is 55.3 Å². The number of aromatic nitrogens is 2. The molecule has 0 saturated heterocycles. The van der Waals surface area contributed by atoms with Gasteiger partial charge in [-0.3, -0.25) is 4.79 Å². The third kappa shape index (κ3) is 3.40. The number of rotatable bonds is 3. The Kier molecular flexibility index (Phi) is 4.48. The Morgan fingerprint density at radius 1 is 1.24 bits per heavy atom. The summed E-state index contributed by atoms with van der Waals surface area (Å²) in [7, 11) is 0. The van der Waals surface area contributed by atoms with Crippen LogP contribution in [0, 0.1) is 0 Å². The molecule has 2 aromatic rings. The number of carbonyl (C=O) groups is 1. The fraction of sp³-hybridized carbons (Fsp3) is 0.438. The summed E-state index contributed by atoms with van der Waals surface area (Å²) in [6.45, 7) is 0. The molecule has 3 rings (SSSR count). The number of halogens is 1. The quantitative estimate of drug-likeness (QED) is 0.785. The number of nitrogens with zero attached hydrogens (tertiary/aromatic N) is 2. The summed E-state index contributed by atoms with van der Waals surface area (Å²) in [5, 5.41) is 4.03. The van der Waals surface area contributed by atoms with Gasteiger partial charge in [-0.2, -0.15) is 4.98 Å². The summed E-state index contributed by atoms with van der Waals surface area (Å²) >= 11 is 3.52. The summed E-state index contributed by atoms with van der Waals surface area (Å²) in [5.74, 6) is 1.16. The number of hydrogen-bond acceptors (Lipinski definition) is 4. The van der Waals surface area contributed by atoms with Gasteiger partial charge in [0, 0.05) is 17.3 Å². The van der Waals surface area contributed by atoms with Crippen LogP contribution < -0.4 is 0 Å². The van der Waals surface area contributed by atoms with Crippen molar-refractivity contribution in [3.63, 3.8) is 0 Å². The minimum Gasteiger partial charge on any atom is -0.339 e. The first-order chi connectivity index (χ1) is 10.2. The van der Waals surface area contributed by atoms with Crippen molar-refractivity contribution < 1.29 is 9.32 Å². The predicted molar refractivity (Wildman–Crippen MR) is 82.1 cm³/mol. The minimum absolute atomic E-state index is 0.201. The van der Waals surface area contributed by atoms with Crippen LogP contribution in [-0.2, 0) is 11.2 Å². The average Bonchev–Trinajstić information content (AvgIpc) is 2.82. The Bertz CT molecular complexity index is 639. The summed E-state index contributed by atoms with van der Waals surface area (Å²) in [6, 6.07) is 7.97. The van der Waals surface area contributed by atoms with Gasteiger partial charge < -0.3 is 4.52 Å². The third-order valence-corrected chi connectivity index (χ3v) is 4.67. The SMILES string of the molecule is O=C1CCCCCC1c1nc(Cc2ccccc2Br)no1. The number of carbonyl (C=O) groups excluding carboxylic acids is 1. The summed E-state index contributed by atoms with van der Waals surface area (Å²) in [6.07, 6.45) is 5.21. The van der Waals surface area contributed by atoms with Gasteiger partial charge in [0.15, 0.2) is 5.82 Å². The first-order valence-corrected chi connectivity index (χ1v) is 8.12. The second kappa shape index (κ2) is 6.52. The molecule has 0 N–H and O–H groups in total. The van der Waals surface area contributed by atoms with E-state index in [4.69, 9.17) is 4.52 Å². The van der Waals surface area contributed by atoms with Gasteiger partial charge in [0.05, 0.1) is 5.92 Å². The molecule has 1 atom stereocenters. The van der Waals surface area contributed by atoms with Crippen molar-refractivity contribution >= 4 is 21.7 Å². The lowest BCUT2D eigenvalue weighted by atomic mass is 9.99. The Balaban J connectivity index is 1.77. The lowest BCUT2D eigenvalue weighted by Crippen LogP contribution is -2.11. The number of hydrogen-bond donors (Lipinski definition) is 0. The van der Waals surface area contributed by atoms with E-state index in [2.05, 4.69) is 26.1 Å². The summed E-state index contributed by atoms with van der Waals surface area (Å²) in [5.41, 5.74) is 1.11. The molecular formula is C16H17BrN2O2. The lowest BCUT2D eigenvalue weighted by Gasteiger charge is -2.06. The van der Waals surface area contributed by atoms with Gasteiger partial charge in [0.2, 0.25) is 5.89 Å². The molecule has 1 fully saturated rings. The monoisotopic (exact) mass is 348 g/mol. The lowest BCUT2D eigenvalue weighted by molar-refractivity contribution is -0.120. The first-order valence-electron chi connectivity index (χ1n) is 7.32. The molecule has 1 heterocycles. The first kappa shape index (κ1) is 14.4. The highest BCUT2D eigenvalue weighted by Crippen LogP contribution is 2.28. The Hall–Kier alpha value is -1.49. The fourth-order valence-electron chi connectivity index (χ4n) is 2.71. The summed E-state index contributed by atoms with van der Waals surface area (Å²) < 4.78 is 6.37. The highest BCUT2D eigenvalue weighted by atomic mass is 79.9. The molecular weight excluding hydrogens is 332 g/mol. The van der Waals surface area contributed by atoms with Crippen molar-refractivity contribution in [2.45, 2.75) is 44.4 Å². The van der Waals surface area contributed by atoms with E-state index in [0.29, 0.717) is 24.6 Å². The molecule has 4 nitrogen and oxygen atoms in total. The maximum atomic E-state index is 12.1. The van der Waals surface area contributed by atoms with Crippen LogP contribution in [0.15, 0.2) is 33.3 Å². The largest absolute Gasteiger partial charge is 0.339 e. The van der Waals surface area contributed by atoms with Crippen molar-refractivity contribution in [3.8, 4) is 0 Å². The molecule has 1 aliphatic carbocycles. The molecule has 1 saturated carbocycles. The Morgan fingerprint density at radius 2 is 2.10 bits per heavy atom. The van der Waals surface area contributed by atoms with E-state index >= 15 is 0 Å². The van der Waals surface area contributed by atoms with Gasteiger partial charge in [-0.25, -0.2) is 0 Å². The van der Waals surface area contributed by atoms with Gasteiger partial charge in [0.25, 0.3) is 0 Å². The van der Waals surface area contributed by atoms with Gasteiger partial charge >= 0.3 is 0 Å². The van der Waals surface area contributed by atoms with Crippen molar-refractivity contribution in [2.75, 3.05) is 0 Å². The van der Waals surface area contributed by atoms with Gasteiger partial charge in [-0.05, 0) is 24.5 Å². The van der Waals surface area contributed by atoms with Crippen molar-refractivity contribution in [2.24, 2.45) is 0 Å². The zero-order valence-corrected chi connectivity index (χ0v) is 13.3. The molecule has 0 bridgehead atoms. The van der Waals surface area contributed by atoms with Crippen molar-refractivity contribution in [1.29, 1.82) is 0 Å². The normalized spacial score (nSPS) is 19.5. The van der Waals surface area contributed by atoms with E-state index in [-0.39, 0.29) is 11.7 Å². The number of benzene rings is 1. The van der Waals surface area contributed by atoms with Gasteiger partial charge in [-0.1, -0.05) is 52.1 Å². The van der Waals surface area contributed by atoms with Crippen molar-refractivity contribution in [1.82, 2.24) is 10.1 Å². The van der Waals surface area contributed by atoms with Crippen LogP contribution in [0.4, 0.5) is 0 Å². The van der Waals surface area contributed by atoms with E-state index in [1.54, 1.807) is 0 Å². The second-order valence-electron chi connectivity index (χ2n) is 5.44. The standard InChI is InChI=1S/C16H17BrN2O2/c17-13-8-5-4-6-11(13)10-15-18-16(21-19-15)12-7-2-1-3-9-14(12)20/h4-6,8,12H,1-3,7,9-10H2. The van der Waals surface area contributed by atoms with Crippen LogP contribution in [0.25, 0.3) is 0 Å². The molecule has 5 heteroatoms. The van der Waals surface area contributed by atoms with Crippen molar-refractivity contribution in [3.05, 3.63) is 46.0 Å². The van der Waals surface area contributed by atoms with Gasteiger partial charge in [0.1, 0.15) is 5.78 Å². The molecule has 110 valence electrons. The van der Waals surface area contributed by atoms with E-state index in [1.807, 2.05) is 24.3 Å². The molecule has 1 aromatic heterocycles. The van der Waals surface area contributed by atoms with Crippen LogP contribution >= 0.6 is 15.9 Å². The molecule has 0 amide bonds. The molecule has 1 unspecified atom stereocenters. The Morgan fingerprint density at radius 3 is 2.95 bits per heavy atom. The Labute approximate surface area is 132 Å². The molecule has 0 radical (unpaired) electrons. The van der Waals surface area contributed by atoms with E-state index < -0.39 is 0 Å². The minimum atomic E-state index is -0.201. The van der Waals surface area contributed by atoms with Crippen LogP contribution in [0.3, 0.4) is 0 Å². The second-order valence-corrected chi connectivity index (χ2v) is 6.29. The molecule has 1 aromatic carbocycles. The number of ketones is 1. The van der Waals surface area contributed by atoms with Crippen LogP contribution in [-0.4, -0.2) is 15.9 Å². The van der Waals surface area contributed by atoms with E-state index in [1.165, 1.54) is 0 Å². The maximum Gasteiger partial charge on any atom is 0.237 e. The van der Waals surface area contributed by atoms with Crippen LogP contribution in [0.5, 0.6) is 0 Å².